The number of aryl methyl sites for hydroxylation is 1. The van der Waals surface area contributed by atoms with Gasteiger partial charge < -0.3 is 16.8 Å². The highest BCUT2D eigenvalue weighted by molar-refractivity contribution is 5.98. The molecule has 1 unspecified atom stereocenters. The Morgan fingerprint density at radius 1 is 1.23 bits per heavy atom. The number of hydrogen-bond acceptors (Lipinski definition) is 6. The molecule has 8 heteroatoms. The van der Waals surface area contributed by atoms with Crippen molar-refractivity contribution < 1.29 is 9.18 Å². The van der Waals surface area contributed by atoms with Gasteiger partial charge in [0.1, 0.15) is 17.5 Å². The van der Waals surface area contributed by atoms with E-state index in [1.165, 1.54) is 0 Å². The van der Waals surface area contributed by atoms with Crippen molar-refractivity contribution >= 4 is 34.1 Å². The highest BCUT2D eigenvalue weighted by Gasteiger charge is 2.43. The summed E-state index contributed by atoms with van der Waals surface area (Å²) in [5.41, 5.74) is 15.5. The molecule has 0 bridgehead atoms. The number of nitrogens with zero attached hydrogens (tertiary/aromatic N) is 3. The van der Waals surface area contributed by atoms with E-state index in [1.54, 1.807) is 24.4 Å². The second kappa shape index (κ2) is 5.91. The first kappa shape index (κ1) is 16.2. The second-order valence-corrected chi connectivity index (χ2v) is 6.50. The number of hydrogen-bond donors (Lipinski definition) is 3. The lowest BCUT2D eigenvalue weighted by Gasteiger charge is -2.10. The van der Waals surface area contributed by atoms with Crippen molar-refractivity contribution in [1.82, 2.24) is 15.2 Å². The Morgan fingerprint density at radius 3 is 2.69 bits per heavy atom. The van der Waals surface area contributed by atoms with Crippen LogP contribution in [0.1, 0.15) is 12.0 Å². The zero-order valence-corrected chi connectivity index (χ0v) is 14.0. The van der Waals surface area contributed by atoms with Crippen LogP contribution in [0.5, 0.6) is 0 Å². The number of pyridine rings is 1. The molecule has 2 atom stereocenters. The number of amides is 1. The number of benzene rings is 1. The molecule has 3 aromatic rings. The Hall–Kier alpha value is -3.29. The minimum atomic E-state index is -1.06. The quantitative estimate of drug-likeness (QED) is 0.623. The van der Waals surface area contributed by atoms with E-state index >= 15 is 0 Å². The molecule has 0 spiro atoms. The lowest BCUT2D eigenvalue weighted by molar-refractivity contribution is -0.117. The average molecular weight is 352 g/mol. The van der Waals surface area contributed by atoms with Crippen molar-refractivity contribution in [3.63, 3.8) is 0 Å². The summed E-state index contributed by atoms with van der Waals surface area (Å²) < 4.78 is 13.0. The minimum Gasteiger partial charge on any atom is -0.397 e. The molecular weight excluding hydrogens is 335 g/mol. The maximum atomic E-state index is 13.0. The minimum absolute atomic E-state index is 0.257. The molecule has 2 aromatic heterocycles. The molecule has 1 aliphatic carbocycles. The van der Waals surface area contributed by atoms with Gasteiger partial charge in [0, 0.05) is 17.1 Å². The van der Waals surface area contributed by atoms with Crippen LogP contribution in [0.3, 0.4) is 0 Å². The highest BCUT2D eigenvalue weighted by Crippen LogP contribution is 2.35. The predicted octanol–water partition coefficient (Wildman–Crippen LogP) is 2.46. The van der Waals surface area contributed by atoms with E-state index in [0.717, 1.165) is 16.7 Å². The molecule has 1 aliphatic rings. The first-order valence-corrected chi connectivity index (χ1v) is 8.17. The fourth-order valence-corrected chi connectivity index (χ4v) is 2.94. The van der Waals surface area contributed by atoms with Crippen molar-refractivity contribution in [3.8, 4) is 11.1 Å². The molecule has 1 aromatic carbocycles. The van der Waals surface area contributed by atoms with Crippen molar-refractivity contribution in [2.24, 2.45) is 5.92 Å². The summed E-state index contributed by atoms with van der Waals surface area (Å²) in [6.07, 6.45) is 0.886. The van der Waals surface area contributed by atoms with Gasteiger partial charge >= 0.3 is 0 Å². The van der Waals surface area contributed by atoms with Crippen molar-refractivity contribution in [2.45, 2.75) is 19.5 Å². The van der Waals surface area contributed by atoms with Gasteiger partial charge in [-0.1, -0.05) is 0 Å². The largest absolute Gasteiger partial charge is 0.397 e. The van der Waals surface area contributed by atoms with E-state index in [2.05, 4.69) is 20.5 Å². The van der Waals surface area contributed by atoms with Crippen molar-refractivity contribution in [3.05, 3.63) is 36.0 Å². The van der Waals surface area contributed by atoms with Crippen LogP contribution in [0.25, 0.3) is 22.0 Å². The molecular formula is C18H17FN6O. The molecule has 5 N–H and O–H groups in total. The first-order chi connectivity index (χ1) is 12.4. The number of carbonyl (C=O) groups is 1. The molecule has 26 heavy (non-hydrogen) atoms. The number of nitrogen functional groups attached to an aromatic ring is 2. The number of fused-ring (bicyclic) bond motifs is 1. The molecule has 2 heterocycles. The van der Waals surface area contributed by atoms with Crippen LogP contribution >= 0.6 is 0 Å². The number of nitrogens with one attached hydrogen (secondary N) is 1. The highest BCUT2D eigenvalue weighted by atomic mass is 19.1. The molecule has 0 saturated heterocycles. The third-order valence-corrected chi connectivity index (χ3v) is 4.46. The van der Waals surface area contributed by atoms with Gasteiger partial charge in [0.15, 0.2) is 5.82 Å². The number of carbonyl (C=O) groups excluding carboxylic acids is 1. The number of anilines is 3. The van der Waals surface area contributed by atoms with E-state index < -0.39 is 12.1 Å². The van der Waals surface area contributed by atoms with E-state index in [9.17, 15) is 9.18 Å². The van der Waals surface area contributed by atoms with Gasteiger partial charge in [-0.15, -0.1) is 10.2 Å². The summed E-state index contributed by atoms with van der Waals surface area (Å²) in [5.74, 6) is -0.256. The van der Waals surface area contributed by atoms with Crippen molar-refractivity contribution in [1.29, 1.82) is 0 Å². The van der Waals surface area contributed by atoms with Crippen LogP contribution in [-0.2, 0) is 4.79 Å². The monoisotopic (exact) mass is 352 g/mol. The summed E-state index contributed by atoms with van der Waals surface area (Å²) in [5, 5.41) is 11.4. The number of aromatic nitrogens is 3. The molecule has 1 saturated carbocycles. The summed E-state index contributed by atoms with van der Waals surface area (Å²) in [6, 6.07) is 7.16. The fraction of sp³-hybridized carbons (Fsp3) is 0.222. The maximum Gasteiger partial charge on any atom is 0.231 e. The molecule has 0 aliphatic heterocycles. The van der Waals surface area contributed by atoms with Gasteiger partial charge in [-0.25, -0.2) is 9.37 Å². The van der Waals surface area contributed by atoms with E-state index in [4.69, 9.17) is 11.5 Å². The summed E-state index contributed by atoms with van der Waals surface area (Å²) in [6.45, 7) is 1.94. The fourth-order valence-electron chi connectivity index (χ4n) is 2.94. The SMILES string of the molecule is Cc1cc(N)ncc1-c1cc(N)c2nnc(NC(=O)[C@@H]3CC3F)cc2c1. The molecule has 1 amide bonds. The van der Waals surface area contributed by atoms with Gasteiger partial charge in [-0.05, 0) is 48.7 Å². The van der Waals surface area contributed by atoms with Gasteiger partial charge in [-0.3, -0.25) is 4.79 Å². The predicted molar refractivity (Wildman–Crippen MR) is 98.0 cm³/mol. The maximum absolute atomic E-state index is 13.0. The van der Waals surface area contributed by atoms with Crippen LogP contribution < -0.4 is 16.8 Å². The molecule has 1 fully saturated rings. The van der Waals surface area contributed by atoms with E-state index in [0.29, 0.717) is 22.4 Å². The van der Waals surface area contributed by atoms with Crippen molar-refractivity contribution in [2.75, 3.05) is 16.8 Å². The Balaban J connectivity index is 1.73. The zero-order chi connectivity index (χ0) is 18.4. The lowest BCUT2D eigenvalue weighted by atomic mass is 10.00. The molecule has 4 rings (SSSR count). The second-order valence-electron chi connectivity index (χ2n) is 6.50. The Morgan fingerprint density at radius 2 is 2.00 bits per heavy atom. The summed E-state index contributed by atoms with van der Waals surface area (Å²) in [4.78, 5) is 16.0. The molecule has 132 valence electrons. The normalized spacial score (nSPS) is 18.7. The van der Waals surface area contributed by atoms with Crippen LogP contribution in [0.15, 0.2) is 30.5 Å². The third kappa shape index (κ3) is 2.90. The Kier molecular flexibility index (Phi) is 3.68. The number of halogens is 1. The number of alkyl halides is 1. The molecule has 0 radical (unpaired) electrons. The van der Waals surface area contributed by atoms with Crippen LogP contribution in [0.2, 0.25) is 0 Å². The average Bonchev–Trinajstić information content (AvgIpc) is 3.31. The first-order valence-electron chi connectivity index (χ1n) is 8.17. The van der Waals surface area contributed by atoms with Gasteiger partial charge in [0.25, 0.3) is 0 Å². The topological polar surface area (TPSA) is 120 Å². The third-order valence-electron chi connectivity index (χ3n) is 4.46. The summed E-state index contributed by atoms with van der Waals surface area (Å²) >= 11 is 0. The smallest absolute Gasteiger partial charge is 0.231 e. The number of nitrogens with two attached hydrogens (primary N) is 2. The zero-order valence-electron chi connectivity index (χ0n) is 14.0. The summed E-state index contributed by atoms with van der Waals surface area (Å²) in [7, 11) is 0. The van der Waals surface area contributed by atoms with Gasteiger partial charge in [-0.2, -0.15) is 0 Å². The molecule has 7 nitrogen and oxygen atoms in total. The van der Waals surface area contributed by atoms with Gasteiger partial charge in [0.05, 0.1) is 11.6 Å². The van der Waals surface area contributed by atoms with E-state index in [-0.39, 0.29) is 18.1 Å². The standard InChI is InChI=1S/C18H17FN6O/c1-8-2-15(21)22-7-12(8)9-3-10-5-16(23-18(26)11-6-13(11)19)24-25-17(10)14(20)4-9/h2-5,7,11,13H,6,20H2,1H3,(H2,21,22)(H,23,24,26)/t11-,13?/m1/s1. The number of rotatable bonds is 3. The van der Waals surface area contributed by atoms with Crippen LogP contribution in [0.4, 0.5) is 21.7 Å². The van der Waals surface area contributed by atoms with Crippen LogP contribution in [0, 0.1) is 12.8 Å². The lowest BCUT2D eigenvalue weighted by Crippen LogP contribution is -2.16. The Bertz CT molecular complexity index is 1040. The van der Waals surface area contributed by atoms with E-state index in [1.807, 2.05) is 13.0 Å². The van der Waals surface area contributed by atoms with Gasteiger partial charge in [0.2, 0.25) is 5.91 Å². The Labute approximate surface area is 148 Å². The van der Waals surface area contributed by atoms with Crippen LogP contribution in [-0.4, -0.2) is 27.3 Å².